The quantitative estimate of drug-likeness (QED) is 0.754. The summed E-state index contributed by atoms with van der Waals surface area (Å²) in [4.78, 5) is 16.9. The Bertz CT molecular complexity index is 778. The van der Waals surface area contributed by atoms with Gasteiger partial charge in [-0.25, -0.2) is 8.42 Å². The lowest BCUT2D eigenvalue weighted by Gasteiger charge is -2.39. The lowest BCUT2D eigenvalue weighted by molar-refractivity contribution is -0.138. The largest absolute Gasteiger partial charge is 0.341 e. The first-order valence-electron chi connectivity index (χ1n) is 10.1. The maximum Gasteiger partial charge on any atom is 0.239 e. The van der Waals surface area contributed by atoms with E-state index in [2.05, 4.69) is 11.8 Å². The van der Waals surface area contributed by atoms with Crippen LogP contribution in [0.2, 0.25) is 0 Å². The molecule has 2 saturated heterocycles. The van der Waals surface area contributed by atoms with E-state index in [1.807, 2.05) is 42.2 Å². The summed E-state index contributed by atoms with van der Waals surface area (Å²) in [5.74, 6) is 0.865. The molecule has 0 bridgehead atoms. The van der Waals surface area contributed by atoms with Crippen LogP contribution in [0.25, 0.3) is 6.08 Å². The maximum atomic E-state index is 12.8. The third kappa shape index (κ3) is 5.21. The van der Waals surface area contributed by atoms with Gasteiger partial charge in [0.15, 0.2) is 0 Å². The molecule has 1 amide bonds. The van der Waals surface area contributed by atoms with E-state index in [-0.39, 0.29) is 11.9 Å². The van der Waals surface area contributed by atoms with Crippen LogP contribution in [0, 0.1) is 5.92 Å². The molecule has 1 atom stereocenters. The molecule has 2 aliphatic heterocycles. The number of nitrogens with zero attached hydrogens (tertiary/aromatic N) is 3. The van der Waals surface area contributed by atoms with Gasteiger partial charge in [0.2, 0.25) is 15.9 Å². The second kappa shape index (κ2) is 9.20. The van der Waals surface area contributed by atoms with Gasteiger partial charge < -0.3 is 4.90 Å². The number of amides is 1. The second-order valence-electron chi connectivity index (χ2n) is 7.88. The fourth-order valence-electron chi connectivity index (χ4n) is 3.81. The second-order valence-corrected chi connectivity index (χ2v) is 9.70. The predicted octanol–water partition coefficient (Wildman–Crippen LogP) is 2.25. The fourth-order valence-corrected chi connectivity index (χ4v) is 4.98. The van der Waals surface area contributed by atoms with Crippen LogP contribution in [0.15, 0.2) is 35.7 Å². The van der Waals surface area contributed by atoms with E-state index in [1.165, 1.54) is 9.71 Å². The van der Waals surface area contributed by atoms with Gasteiger partial charge >= 0.3 is 0 Å². The Balaban J connectivity index is 1.53. The number of rotatable bonds is 5. The van der Waals surface area contributed by atoms with Crippen molar-refractivity contribution in [2.24, 2.45) is 5.92 Å². The molecule has 1 aromatic carbocycles. The number of carbonyl (C=O) groups excluding carboxylic acids is 1. The third-order valence-corrected chi connectivity index (χ3v) is 7.43. The monoisotopic (exact) mass is 405 g/mol. The van der Waals surface area contributed by atoms with Gasteiger partial charge in [0, 0.05) is 44.7 Å². The van der Waals surface area contributed by atoms with Crippen LogP contribution in [-0.2, 0) is 14.8 Å². The van der Waals surface area contributed by atoms with E-state index >= 15 is 0 Å². The zero-order valence-electron chi connectivity index (χ0n) is 16.8. The Labute approximate surface area is 168 Å². The van der Waals surface area contributed by atoms with Gasteiger partial charge in [-0.15, -0.1) is 0 Å². The van der Waals surface area contributed by atoms with Crippen LogP contribution in [0.5, 0.6) is 0 Å². The lowest BCUT2D eigenvalue weighted by atomic mass is 9.98. The van der Waals surface area contributed by atoms with Crippen LogP contribution >= 0.6 is 0 Å². The van der Waals surface area contributed by atoms with Crippen molar-refractivity contribution in [2.45, 2.75) is 32.7 Å². The van der Waals surface area contributed by atoms with E-state index in [1.54, 1.807) is 6.08 Å². The van der Waals surface area contributed by atoms with E-state index < -0.39 is 10.0 Å². The highest BCUT2D eigenvalue weighted by Gasteiger charge is 2.32. The highest BCUT2D eigenvalue weighted by Crippen LogP contribution is 2.19. The minimum absolute atomic E-state index is 0.173. The van der Waals surface area contributed by atoms with Crippen molar-refractivity contribution in [1.82, 2.24) is 14.1 Å². The molecule has 2 fully saturated rings. The summed E-state index contributed by atoms with van der Waals surface area (Å²) < 4.78 is 26.7. The number of piperidine rings is 1. The summed E-state index contributed by atoms with van der Waals surface area (Å²) in [5.41, 5.74) is 0.861. The Morgan fingerprint density at radius 3 is 2.25 bits per heavy atom. The maximum absolute atomic E-state index is 12.8. The van der Waals surface area contributed by atoms with E-state index in [9.17, 15) is 13.2 Å². The van der Waals surface area contributed by atoms with Crippen molar-refractivity contribution in [1.29, 1.82) is 0 Å². The molecular weight excluding hydrogens is 374 g/mol. The average Bonchev–Trinajstić information content (AvgIpc) is 2.73. The molecule has 2 heterocycles. The summed E-state index contributed by atoms with van der Waals surface area (Å²) in [6, 6.07) is 9.21. The van der Waals surface area contributed by atoms with Gasteiger partial charge in [-0.05, 0) is 37.3 Å². The summed E-state index contributed by atoms with van der Waals surface area (Å²) in [6.07, 6.45) is 3.77. The van der Waals surface area contributed by atoms with Crippen molar-refractivity contribution in [3.05, 3.63) is 41.3 Å². The summed E-state index contributed by atoms with van der Waals surface area (Å²) >= 11 is 0. The normalized spacial score (nSPS) is 21.9. The molecule has 6 nitrogen and oxygen atoms in total. The van der Waals surface area contributed by atoms with E-state index in [4.69, 9.17) is 0 Å². The molecule has 2 aliphatic rings. The minimum atomic E-state index is -3.45. The number of hydrogen-bond acceptors (Lipinski definition) is 4. The number of piperazine rings is 1. The van der Waals surface area contributed by atoms with Crippen molar-refractivity contribution >= 4 is 22.0 Å². The molecule has 0 radical (unpaired) electrons. The van der Waals surface area contributed by atoms with Crippen LogP contribution in [0.4, 0.5) is 0 Å². The number of sulfonamides is 1. The standard InChI is InChI=1S/C21H31N3O3S/c1-18-8-11-23(12-9-18)21(25)19(2)22-13-15-24(16-14-22)28(26,27)17-10-20-6-4-3-5-7-20/h3-7,10,17-19H,8-9,11-16H2,1-2H3/b17-10+. The van der Waals surface area contributed by atoms with Crippen LogP contribution in [-0.4, -0.2) is 73.7 Å². The number of likely N-dealkylation sites (tertiary alicyclic amines) is 1. The minimum Gasteiger partial charge on any atom is -0.341 e. The predicted molar refractivity (Wildman–Crippen MR) is 112 cm³/mol. The molecule has 3 rings (SSSR count). The van der Waals surface area contributed by atoms with Gasteiger partial charge in [0.25, 0.3) is 0 Å². The first kappa shape index (κ1) is 21.0. The topological polar surface area (TPSA) is 60.9 Å². The van der Waals surface area contributed by atoms with Crippen molar-refractivity contribution < 1.29 is 13.2 Å². The zero-order valence-corrected chi connectivity index (χ0v) is 17.6. The molecular formula is C21H31N3O3S. The van der Waals surface area contributed by atoms with Crippen LogP contribution in [0.1, 0.15) is 32.3 Å². The molecule has 0 spiro atoms. The van der Waals surface area contributed by atoms with Gasteiger partial charge in [-0.3, -0.25) is 9.69 Å². The number of hydrogen-bond donors (Lipinski definition) is 0. The molecule has 0 saturated carbocycles. The first-order chi connectivity index (χ1) is 13.4. The molecule has 0 N–H and O–H groups in total. The Morgan fingerprint density at radius 2 is 1.64 bits per heavy atom. The molecule has 7 heteroatoms. The summed E-state index contributed by atoms with van der Waals surface area (Å²) in [5, 5.41) is 1.28. The van der Waals surface area contributed by atoms with Crippen molar-refractivity contribution in [3.63, 3.8) is 0 Å². The Morgan fingerprint density at radius 1 is 1.04 bits per heavy atom. The third-order valence-electron chi connectivity index (χ3n) is 5.87. The SMILES string of the molecule is CC1CCN(C(=O)C(C)N2CCN(S(=O)(=O)/C=C/c3ccccc3)CC2)CC1. The van der Waals surface area contributed by atoms with Crippen LogP contribution < -0.4 is 0 Å². The average molecular weight is 406 g/mol. The fraction of sp³-hybridized carbons (Fsp3) is 0.571. The smallest absolute Gasteiger partial charge is 0.239 e. The zero-order chi connectivity index (χ0) is 20.1. The van der Waals surface area contributed by atoms with Crippen LogP contribution in [0.3, 0.4) is 0 Å². The number of carbonyl (C=O) groups is 1. The Kier molecular flexibility index (Phi) is 6.91. The highest BCUT2D eigenvalue weighted by atomic mass is 32.2. The molecule has 154 valence electrons. The van der Waals surface area contributed by atoms with E-state index in [0.29, 0.717) is 32.1 Å². The lowest BCUT2D eigenvalue weighted by Crippen LogP contribution is -2.55. The molecule has 0 aliphatic carbocycles. The summed E-state index contributed by atoms with van der Waals surface area (Å²) in [6.45, 7) is 7.83. The van der Waals surface area contributed by atoms with Gasteiger partial charge in [0.05, 0.1) is 6.04 Å². The molecule has 0 aromatic heterocycles. The van der Waals surface area contributed by atoms with Gasteiger partial charge in [-0.2, -0.15) is 4.31 Å². The summed E-state index contributed by atoms with van der Waals surface area (Å²) in [7, 11) is -3.45. The molecule has 1 aromatic rings. The molecule has 28 heavy (non-hydrogen) atoms. The first-order valence-corrected chi connectivity index (χ1v) is 11.6. The van der Waals surface area contributed by atoms with Gasteiger partial charge in [-0.1, -0.05) is 37.3 Å². The highest BCUT2D eigenvalue weighted by molar-refractivity contribution is 7.92. The van der Waals surface area contributed by atoms with Gasteiger partial charge in [0.1, 0.15) is 0 Å². The van der Waals surface area contributed by atoms with Crippen molar-refractivity contribution in [2.75, 3.05) is 39.3 Å². The van der Waals surface area contributed by atoms with Crippen molar-refractivity contribution in [3.8, 4) is 0 Å². The Hall–Kier alpha value is -1.70. The van der Waals surface area contributed by atoms with E-state index in [0.717, 1.165) is 31.5 Å². The number of benzene rings is 1. The molecule has 1 unspecified atom stereocenters.